The molecule has 1 N–H and O–H groups in total. The zero-order valence-corrected chi connectivity index (χ0v) is 6.88. The first kappa shape index (κ1) is 7.58. The summed E-state index contributed by atoms with van der Waals surface area (Å²) in [5, 5.41) is 2.71. The topological polar surface area (TPSA) is 49.4 Å². The second-order valence-corrected chi connectivity index (χ2v) is 3.33. The first-order valence-corrected chi connectivity index (χ1v) is 4.39. The van der Waals surface area contributed by atoms with E-state index < -0.39 is 0 Å². The van der Waals surface area contributed by atoms with Gasteiger partial charge in [0, 0.05) is 19.0 Å². The molecule has 0 bridgehead atoms. The number of hydrogen-bond donors (Lipinski definition) is 1. The highest BCUT2D eigenvalue weighted by Gasteiger charge is 2.37. The summed E-state index contributed by atoms with van der Waals surface area (Å²) in [4.78, 5) is 24.1. The largest absolute Gasteiger partial charge is 0.338 e. The Morgan fingerprint density at radius 2 is 2.08 bits per heavy atom. The van der Waals surface area contributed by atoms with Gasteiger partial charge in [-0.15, -0.1) is 0 Å². The third-order valence-corrected chi connectivity index (χ3v) is 2.24. The van der Waals surface area contributed by atoms with Crippen molar-refractivity contribution in [2.24, 2.45) is 0 Å². The van der Waals surface area contributed by atoms with Gasteiger partial charge in [-0.3, -0.25) is 9.69 Å². The molecule has 1 heterocycles. The first-order chi connectivity index (χ1) is 5.79. The lowest BCUT2D eigenvalue weighted by Crippen LogP contribution is -2.42. The Labute approximate surface area is 70.9 Å². The minimum absolute atomic E-state index is 0.00694. The van der Waals surface area contributed by atoms with Gasteiger partial charge >= 0.3 is 6.03 Å². The Hall–Kier alpha value is -1.06. The van der Waals surface area contributed by atoms with Crippen molar-refractivity contribution in [1.82, 2.24) is 10.2 Å². The predicted octanol–water partition coefficient (Wildman–Crippen LogP) is 0.481. The standard InChI is InChI=1S/C8H12N2O2/c11-7-2-1-5-9-8(12)10(7)6-3-4-6/h6H,1-5H2,(H,9,12). The van der Waals surface area contributed by atoms with Crippen LogP contribution in [0.2, 0.25) is 0 Å². The van der Waals surface area contributed by atoms with Gasteiger partial charge in [0.2, 0.25) is 5.91 Å². The predicted molar refractivity (Wildman–Crippen MR) is 42.5 cm³/mol. The van der Waals surface area contributed by atoms with Gasteiger partial charge in [0.05, 0.1) is 0 Å². The van der Waals surface area contributed by atoms with Crippen molar-refractivity contribution in [1.29, 1.82) is 0 Å². The van der Waals surface area contributed by atoms with Crippen LogP contribution in [0.3, 0.4) is 0 Å². The maximum Gasteiger partial charge on any atom is 0.324 e. The van der Waals surface area contributed by atoms with Crippen molar-refractivity contribution in [3.05, 3.63) is 0 Å². The van der Waals surface area contributed by atoms with Gasteiger partial charge in [0.15, 0.2) is 0 Å². The van der Waals surface area contributed by atoms with Crippen LogP contribution in [0.25, 0.3) is 0 Å². The minimum Gasteiger partial charge on any atom is -0.338 e. The molecule has 4 nitrogen and oxygen atoms in total. The van der Waals surface area contributed by atoms with E-state index in [0.717, 1.165) is 19.3 Å². The molecule has 4 heteroatoms. The van der Waals surface area contributed by atoms with Crippen molar-refractivity contribution >= 4 is 11.9 Å². The van der Waals surface area contributed by atoms with Crippen molar-refractivity contribution < 1.29 is 9.59 Å². The summed E-state index contributed by atoms with van der Waals surface area (Å²) in [6, 6.07) is 0.00981. The van der Waals surface area contributed by atoms with Crippen molar-refractivity contribution in [2.45, 2.75) is 31.7 Å². The average Bonchev–Trinajstić information content (AvgIpc) is 2.80. The molecule has 2 fully saturated rings. The number of nitrogens with one attached hydrogen (secondary N) is 1. The first-order valence-electron chi connectivity index (χ1n) is 4.39. The summed E-state index contributed by atoms with van der Waals surface area (Å²) in [7, 11) is 0. The second-order valence-electron chi connectivity index (χ2n) is 3.33. The molecule has 0 spiro atoms. The summed E-state index contributed by atoms with van der Waals surface area (Å²) in [5.41, 5.74) is 0. The molecule has 1 saturated carbocycles. The molecule has 3 amide bonds. The van der Waals surface area contributed by atoms with Gasteiger partial charge in [-0.1, -0.05) is 0 Å². The number of urea groups is 1. The molecule has 0 aromatic rings. The molecule has 1 aliphatic carbocycles. The van der Waals surface area contributed by atoms with E-state index in [1.807, 2.05) is 0 Å². The number of hydrogen-bond acceptors (Lipinski definition) is 2. The van der Waals surface area contributed by atoms with Gasteiger partial charge in [-0.25, -0.2) is 4.79 Å². The van der Waals surface area contributed by atoms with Crippen LogP contribution in [-0.4, -0.2) is 29.4 Å². The Morgan fingerprint density at radius 3 is 2.75 bits per heavy atom. The molecule has 2 rings (SSSR count). The molecule has 0 atom stereocenters. The maximum atomic E-state index is 11.4. The fourth-order valence-electron chi connectivity index (χ4n) is 1.46. The Morgan fingerprint density at radius 1 is 1.33 bits per heavy atom. The molecular formula is C8H12N2O2. The number of carbonyl (C=O) groups is 2. The SMILES string of the molecule is O=C1CCCNC(=O)N1C1CC1. The van der Waals surface area contributed by atoms with Crippen LogP contribution in [0.4, 0.5) is 4.79 Å². The van der Waals surface area contributed by atoms with Crippen LogP contribution in [-0.2, 0) is 4.79 Å². The van der Waals surface area contributed by atoms with Gasteiger partial charge in [-0.05, 0) is 19.3 Å². The fourth-order valence-corrected chi connectivity index (χ4v) is 1.46. The quantitative estimate of drug-likeness (QED) is 0.619. The van der Waals surface area contributed by atoms with Gasteiger partial charge in [-0.2, -0.15) is 0 Å². The monoisotopic (exact) mass is 168 g/mol. The highest BCUT2D eigenvalue weighted by Crippen LogP contribution is 2.28. The van der Waals surface area contributed by atoms with Crippen LogP contribution >= 0.6 is 0 Å². The summed E-state index contributed by atoms with van der Waals surface area (Å²) in [6.45, 7) is 0.633. The number of rotatable bonds is 1. The molecule has 66 valence electrons. The van der Waals surface area contributed by atoms with Crippen LogP contribution in [0, 0.1) is 0 Å². The second kappa shape index (κ2) is 2.77. The van der Waals surface area contributed by atoms with E-state index in [2.05, 4.69) is 5.32 Å². The maximum absolute atomic E-state index is 11.4. The molecule has 1 aliphatic heterocycles. The lowest BCUT2D eigenvalue weighted by atomic mass is 10.3. The van der Waals surface area contributed by atoms with Crippen molar-refractivity contribution in [3.63, 3.8) is 0 Å². The van der Waals surface area contributed by atoms with E-state index in [4.69, 9.17) is 0 Å². The third kappa shape index (κ3) is 1.29. The minimum atomic E-state index is -0.194. The van der Waals surface area contributed by atoms with Crippen LogP contribution in [0.5, 0.6) is 0 Å². The highest BCUT2D eigenvalue weighted by molar-refractivity contribution is 5.95. The summed E-state index contributed by atoms with van der Waals surface area (Å²) >= 11 is 0. The third-order valence-electron chi connectivity index (χ3n) is 2.24. The molecule has 1 saturated heterocycles. The van der Waals surface area contributed by atoms with E-state index >= 15 is 0 Å². The average molecular weight is 168 g/mol. The van der Waals surface area contributed by atoms with E-state index in [0.29, 0.717) is 13.0 Å². The van der Waals surface area contributed by atoms with Gasteiger partial charge in [0.1, 0.15) is 0 Å². The lowest BCUT2D eigenvalue weighted by Gasteiger charge is -2.16. The Bertz CT molecular complexity index is 205. The van der Waals surface area contributed by atoms with E-state index in [1.54, 1.807) is 0 Å². The molecule has 0 radical (unpaired) electrons. The summed E-state index contributed by atoms with van der Waals surface area (Å²) in [6.07, 6.45) is 3.25. The fraction of sp³-hybridized carbons (Fsp3) is 0.750. The smallest absolute Gasteiger partial charge is 0.324 e. The van der Waals surface area contributed by atoms with E-state index in [9.17, 15) is 9.59 Å². The number of imide groups is 1. The van der Waals surface area contributed by atoms with E-state index in [-0.39, 0.29) is 18.0 Å². The normalized spacial score (nSPS) is 25.2. The molecular weight excluding hydrogens is 156 g/mol. The Kier molecular flexibility index (Phi) is 1.75. The molecule has 2 aliphatic rings. The molecule has 12 heavy (non-hydrogen) atoms. The van der Waals surface area contributed by atoms with Crippen molar-refractivity contribution in [2.75, 3.05) is 6.54 Å². The molecule has 0 aromatic heterocycles. The molecule has 0 unspecified atom stereocenters. The zero-order chi connectivity index (χ0) is 8.55. The number of nitrogens with zero attached hydrogens (tertiary/aromatic N) is 1. The van der Waals surface area contributed by atoms with E-state index in [1.165, 1.54) is 4.90 Å². The lowest BCUT2D eigenvalue weighted by molar-refractivity contribution is -0.128. The number of carbonyl (C=O) groups excluding carboxylic acids is 2. The van der Waals surface area contributed by atoms with Gasteiger partial charge < -0.3 is 5.32 Å². The summed E-state index contributed by atoms with van der Waals surface area (Å²) < 4.78 is 0. The van der Waals surface area contributed by atoms with Crippen LogP contribution in [0.15, 0.2) is 0 Å². The van der Waals surface area contributed by atoms with Gasteiger partial charge in [0.25, 0.3) is 0 Å². The van der Waals surface area contributed by atoms with Crippen LogP contribution < -0.4 is 5.32 Å². The number of amides is 3. The zero-order valence-electron chi connectivity index (χ0n) is 6.88. The van der Waals surface area contributed by atoms with Crippen LogP contribution in [0.1, 0.15) is 25.7 Å². The highest BCUT2D eigenvalue weighted by atomic mass is 16.2. The Balaban J connectivity index is 2.11. The summed E-state index contributed by atoms with van der Waals surface area (Å²) in [5.74, 6) is -0.00694. The molecule has 0 aromatic carbocycles. The van der Waals surface area contributed by atoms with Crippen molar-refractivity contribution in [3.8, 4) is 0 Å².